The molecule has 8 nitrogen and oxygen atoms in total. The fourth-order valence-electron chi connectivity index (χ4n) is 4.81. The van der Waals surface area contributed by atoms with Gasteiger partial charge in [0.1, 0.15) is 11.6 Å². The Hall–Kier alpha value is -2.97. The molecule has 0 aromatic carbocycles. The van der Waals surface area contributed by atoms with E-state index in [4.69, 9.17) is 21.3 Å². The average molecular weight is 495 g/mol. The van der Waals surface area contributed by atoms with E-state index in [1.165, 1.54) is 0 Å². The molecule has 35 heavy (non-hydrogen) atoms. The normalized spacial score (nSPS) is 21.2. The first-order chi connectivity index (χ1) is 17.0. The number of nitrogens with zero attached hydrogens (tertiary/aromatic N) is 3. The van der Waals surface area contributed by atoms with Gasteiger partial charge < -0.3 is 20.7 Å². The molecule has 0 unspecified atom stereocenters. The molecular weight excluding hydrogens is 464 g/mol. The Labute approximate surface area is 210 Å². The summed E-state index contributed by atoms with van der Waals surface area (Å²) in [7, 11) is 0. The highest BCUT2D eigenvalue weighted by atomic mass is 35.5. The van der Waals surface area contributed by atoms with Gasteiger partial charge in [-0.1, -0.05) is 17.7 Å². The molecule has 0 radical (unpaired) electrons. The van der Waals surface area contributed by atoms with Crippen molar-refractivity contribution in [2.75, 3.05) is 23.8 Å². The van der Waals surface area contributed by atoms with Gasteiger partial charge in [0, 0.05) is 36.1 Å². The number of carbonyl (C=O) groups excluding carboxylic acids is 1. The van der Waals surface area contributed by atoms with Crippen molar-refractivity contribution in [2.24, 2.45) is 5.92 Å². The number of ether oxygens (including phenoxy) is 1. The Morgan fingerprint density at radius 1 is 1.06 bits per heavy atom. The molecule has 3 N–H and O–H groups in total. The van der Waals surface area contributed by atoms with Gasteiger partial charge in [-0.15, -0.1) is 0 Å². The summed E-state index contributed by atoms with van der Waals surface area (Å²) in [6, 6.07) is 8.82. The van der Waals surface area contributed by atoms with Crippen LogP contribution in [0.2, 0.25) is 5.02 Å². The maximum Gasteiger partial charge on any atom is 0.224 e. The highest BCUT2D eigenvalue weighted by molar-refractivity contribution is 6.34. The van der Waals surface area contributed by atoms with Crippen LogP contribution in [0.4, 0.5) is 11.6 Å². The van der Waals surface area contributed by atoms with Gasteiger partial charge in [-0.2, -0.15) is 0 Å². The molecule has 1 saturated heterocycles. The summed E-state index contributed by atoms with van der Waals surface area (Å²) in [5.74, 6) is 2.30. The van der Waals surface area contributed by atoms with Crippen LogP contribution in [0.3, 0.4) is 0 Å². The lowest BCUT2D eigenvalue weighted by atomic mass is 9.82. The zero-order chi connectivity index (χ0) is 24.2. The zero-order valence-corrected chi connectivity index (χ0v) is 20.6. The Kier molecular flexibility index (Phi) is 7.29. The largest absolute Gasteiger partial charge is 0.377 e. The molecule has 184 valence electrons. The van der Waals surface area contributed by atoms with Crippen LogP contribution < -0.4 is 16.0 Å². The summed E-state index contributed by atoms with van der Waals surface area (Å²) in [6.45, 7) is 3.44. The fraction of sp³-hybridized carbons (Fsp3) is 0.462. The number of halogens is 1. The van der Waals surface area contributed by atoms with Crippen LogP contribution in [0.15, 0.2) is 42.9 Å². The molecule has 1 atom stereocenters. The minimum Gasteiger partial charge on any atom is -0.377 e. The molecule has 2 fully saturated rings. The van der Waals surface area contributed by atoms with Crippen LogP contribution in [-0.4, -0.2) is 52.2 Å². The predicted octanol–water partition coefficient (Wildman–Crippen LogP) is 4.21. The lowest BCUT2D eigenvalue weighted by Gasteiger charge is -2.33. The number of hydrogen-bond donors (Lipinski definition) is 3. The number of fused-ring (bicyclic) bond motifs is 1. The van der Waals surface area contributed by atoms with Crippen molar-refractivity contribution >= 4 is 40.0 Å². The van der Waals surface area contributed by atoms with Crippen molar-refractivity contribution in [1.29, 1.82) is 0 Å². The van der Waals surface area contributed by atoms with Gasteiger partial charge in [-0.25, -0.2) is 9.97 Å². The Morgan fingerprint density at radius 3 is 2.57 bits per heavy atom. The summed E-state index contributed by atoms with van der Waals surface area (Å²) in [6.07, 6.45) is 9.98. The lowest BCUT2D eigenvalue weighted by molar-refractivity contribution is -0.124. The van der Waals surface area contributed by atoms with E-state index in [0.29, 0.717) is 42.7 Å². The molecule has 9 heteroatoms. The van der Waals surface area contributed by atoms with Gasteiger partial charge in [0.2, 0.25) is 5.91 Å². The smallest absolute Gasteiger partial charge is 0.224 e. The summed E-state index contributed by atoms with van der Waals surface area (Å²) < 4.78 is 5.09. The fourth-order valence-corrected chi connectivity index (χ4v) is 5.02. The standard InChI is InChI=1S/C26H31ClN6O2/c1-16(30-23-8-2-17(11-29-23)10-25(34)32-21-14-35-15-21)18-3-6-20(7-4-18)31-24-9-5-19-12-28-13-22(27)26(19)33-24/h2,5,8-9,11-13,16,18,20-21H,3-4,6-7,10,14-15H2,1H3,(H,29,30)(H,31,33)(H,32,34)/t16-,18?,20?/m0/s1. The Bertz CT molecular complexity index is 1160. The van der Waals surface area contributed by atoms with E-state index in [0.717, 1.165) is 53.8 Å². The first-order valence-electron chi connectivity index (χ1n) is 12.3. The summed E-state index contributed by atoms with van der Waals surface area (Å²) in [5.41, 5.74) is 1.69. The second-order valence-electron chi connectivity index (χ2n) is 9.61. The third kappa shape index (κ3) is 6.00. The highest BCUT2D eigenvalue weighted by Crippen LogP contribution is 2.30. The quantitative estimate of drug-likeness (QED) is 0.431. The maximum absolute atomic E-state index is 12.1. The summed E-state index contributed by atoms with van der Waals surface area (Å²) in [5, 5.41) is 11.6. The molecule has 1 aliphatic carbocycles. The van der Waals surface area contributed by atoms with Gasteiger partial charge in [-0.05, 0) is 62.3 Å². The molecule has 0 bridgehead atoms. The van der Waals surface area contributed by atoms with Crippen LogP contribution in [0.5, 0.6) is 0 Å². The molecule has 1 aliphatic heterocycles. The van der Waals surface area contributed by atoms with Crippen molar-refractivity contribution in [1.82, 2.24) is 20.3 Å². The van der Waals surface area contributed by atoms with E-state index >= 15 is 0 Å². The van der Waals surface area contributed by atoms with E-state index in [2.05, 4.69) is 32.8 Å². The van der Waals surface area contributed by atoms with Crippen molar-refractivity contribution in [3.8, 4) is 0 Å². The van der Waals surface area contributed by atoms with Crippen LogP contribution in [0.1, 0.15) is 38.2 Å². The average Bonchev–Trinajstić information content (AvgIpc) is 2.84. The summed E-state index contributed by atoms with van der Waals surface area (Å²) >= 11 is 6.26. The molecule has 3 aromatic heterocycles. The number of nitrogens with one attached hydrogen (secondary N) is 3. The van der Waals surface area contributed by atoms with Gasteiger partial charge in [0.05, 0.1) is 36.2 Å². The molecule has 1 saturated carbocycles. The van der Waals surface area contributed by atoms with E-state index in [1.807, 2.05) is 24.3 Å². The number of amides is 1. The van der Waals surface area contributed by atoms with E-state index in [9.17, 15) is 4.79 Å². The number of hydrogen-bond acceptors (Lipinski definition) is 7. The monoisotopic (exact) mass is 494 g/mol. The second-order valence-corrected chi connectivity index (χ2v) is 10.0. The SMILES string of the molecule is C[C@H](Nc1ccc(CC(=O)NC2COC2)cn1)C1CCC(Nc2ccc3cncc(Cl)c3n2)CC1. The van der Waals surface area contributed by atoms with Gasteiger partial charge in [0.15, 0.2) is 0 Å². The topological polar surface area (TPSA) is 101 Å². The number of anilines is 2. The Morgan fingerprint density at radius 2 is 1.86 bits per heavy atom. The third-order valence-corrected chi connectivity index (χ3v) is 7.23. The number of carbonyl (C=O) groups is 1. The van der Waals surface area contributed by atoms with Gasteiger partial charge in [0.25, 0.3) is 0 Å². The minimum atomic E-state index is 0.0125. The number of rotatable bonds is 8. The maximum atomic E-state index is 12.1. The van der Waals surface area contributed by atoms with E-state index in [-0.39, 0.29) is 11.9 Å². The predicted molar refractivity (Wildman–Crippen MR) is 138 cm³/mol. The number of pyridine rings is 3. The molecule has 1 amide bonds. The minimum absolute atomic E-state index is 0.0125. The van der Waals surface area contributed by atoms with Crippen LogP contribution in [0.25, 0.3) is 10.9 Å². The molecule has 0 spiro atoms. The summed E-state index contributed by atoms with van der Waals surface area (Å²) in [4.78, 5) is 25.4. The molecule has 2 aliphatic rings. The Balaban J connectivity index is 1.08. The van der Waals surface area contributed by atoms with Crippen molar-refractivity contribution < 1.29 is 9.53 Å². The molecule has 3 aromatic rings. The highest BCUT2D eigenvalue weighted by Gasteiger charge is 2.26. The van der Waals surface area contributed by atoms with Crippen molar-refractivity contribution in [2.45, 2.75) is 57.2 Å². The second kappa shape index (κ2) is 10.7. The van der Waals surface area contributed by atoms with Crippen LogP contribution in [-0.2, 0) is 16.0 Å². The van der Waals surface area contributed by atoms with Crippen molar-refractivity contribution in [3.05, 3.63) is 53.4 Å². The molecule has 4 heterocycles. The van der Waals surface area contributed by atoms with Gasteiger partial charge >= 0.3 is 0 Å². The van der Waals surface area contributed by atoms with E-state index in [1.54, 1.807) is 18.6 Å². The van der Waals surface area contributed by atoms with E-state index < -0.39 is 0 Å². The number of aromatic nitrogens is 3. The van der Waals surface area contributed by atoms with Crippen molar-refractivity contribution in [3.63, 3.8) is 0 Å². The lowest BCUT2D eigenvalue weighted by Crippen LogP contribution is -2.49. The van der Waals surface area contributed by atoms with Crippen LogP contribution >= 0.6 is 11.6 Å². The first-order valence-corrected chi connectivity index (χ1v) is 12.7. The first kappa shape index (κ1) is 23.8. The molecular formula is C26H31ClN6O2. The third-order valence-electron chi connectivity index (χ3n) is 6.95. The van der Waals surface area contributed by atoms with Gasteiger partial charge in [-0.3, -0.25) is 9.78 Å². The zero-order valence-electron chi connectivity index (χ0n) is 19.8. The molecule has 5 rings (SSSR count). The van der Waals surface area contributed by atoms with Crippen LogP contribution in [0, 0.1) is 5.92 Å².